The predicted octanol–water partition coefficient (Wildman–Crippen LogP) is 1.37. The Kier molecular flexibility index (Phi) is 3.17. The zero-order valence-electron chi connectivity index (χ0n) is 5.59. The van der Waals surface area contributed by atoms with Crippen molar-refractivity contribution in [1.82, 2.24) is 0 Å². The van der Waals surface area contributed by atoms with E-state index >= 15 is 0 Å². The predicted molar refractivity (Wildman–Crippen MR) is 36.7 cm³/mol. The molecule has 1 unspecified atom stereocenters. The molecule has 10 heavy (non-hydrogen) atoms. The van der Waals surface area contributed by atoms with Gasteiger partial charge in [-0.05, 0) is 13.3 Å². The molecule has 0 aromatic rings. The Balaban J connectivity index is 3.90. The molecule has 0 saturated heterocycles. The van der Waals surface area contributed by atoms with E-state index in [2.05, 4.69) is 0 Å². The minimum atomic E-state index is -1.28. The van der Waals surface area contributed by atoms with Crippen LogP contribution in [-0.4, -0.2) is 16.0 Å². The highest BCUT2D eigenvalue weighted by molar-refractivity contribution is 6.33. The number of carboxylic acids is 1. The van der Waals surface area contributed by atoms with Gasteiger partial charge in [0.2, 0.25) is 0 Å². The van der Waals surface area contributed by atoms with Crippen molar-refractivity contribution < 1.29 is 9.90 Å². The van der Waals surface area contributed by atoms with E-state index in [1.54, 1.807) is 0 Å². The van der Waals surface area contributed by atoms with Crippen molar-refractivity contribution in [3.05, 3.63) is 0 Å². The van der Waals surface area contributed by atoms with Crippen molar-refractivity contribution in [3.8, 4) is 6.07 Å². The fourth-order valence-corrected chi connectivity index (χ4v) is 0.492. The van der Waals surface area contributed by atoms with Crippen LogP contribution in [0.5, 0.6) is 0 Å². The van der Waals surface area contributed by atoms with E-state index in [4.69, 9.17) is 22.0 Å². The third-order valence-electron chi connectivity index (χ3n) is 1.15. The third kappa shape index (κ3) is 2.70. The molecule has 0 aromatic heterocycles. The number of carboxylic acid groups (broad SMARTS) is 1. The lowest BCUT2D eigenvalue weighted by Crippen LogP contribution is -2.27. The zero-order valence-corrected chi connectivity index (χ0v) is 6.35. The maximum atomic E-state index is 10.3. The van der Waals surface area contributed by atoms with E-state index in [0.717, 1.165) is 0 Å². The molecule has 0 aliphatic carbocycles. The second-order valence-electron chi connectivity index (χ2n) is 2.16. The van der Waals surface area contributed by atoms with Crippen molar-refractivity contribution in [2.45, 2.75) is 24.6 Å². The highest BCUT2D eigenvalue weighted by Gasteiger charge is 2.29. The number of nitriles is 1. The molecule has 0 bridgehead atoms. The largest absolute Gasteiger partial charge is 0.480 e. The molecule has 0 heterocycles. The lowest BCUT2D eigenvalue weighted by molar-refractivity contribution is -0.139. The molecule has 1 N–H and O–H groups in total. The number of aliphatic carboxylic acids is 1. The molecule has 3 nitrogen and oxygen atoms in total. The molecule has 4 heteroatoms. The summed E-state index contributed by atoms with van der Waals surface area (Å²) in [7, 11) is 0. The van der Waals surface area contributed by atoms with Crippen molar-refractivity contribution in [2.75, 3.05) is 0 Å². The van der Waals surface area contributed by atoms with E-state index in [9.17, 15) is 4.79 Å². The summed E-state index contributed by atoms with van der Waals surface area (Å²) in [6, 6.07) is 1.83. The molecule has 0 spiro atoms. The Morgan fingerprint density at radius 1 is 1.90 bits per heavy atom. The zero-order chi connectivity index (χ0) is 8.20. The molecule has 1 atom stereocenters. The first-order valence-electron chi connectivity index (χ1n) is 2.80. The van der Waals surface area contributed by atoms with Gasteiger partial charge < -0.3 is 5.11 Å². The molecule has 0 fully saturated rings. The van der Waals surface area contributed by atoms with Crippen LogP contribution < -0.4 is 0 Å². The smallest absolute Gasteiger partial charge is 0.324 e. The molecule has 0 aliphatic heterocycles. The van der Waals surface area contributed by atoms with E-state index in [0.29, 0.717) is 0 Å². The fraction of sp³-hybridized carbons (Fsp3) is 0.667. The molecular formula is C6H8ClNO2. The second kappa shape index (κ2) is 3.43. The Labute approximate surface area is 64.2 Å². The lowest BCUT2D eigenvalue weighted by atomic mass is 10.1. The van der Waals surface area contributed by atoms with Crippen LogP contribution in [0.2, 0.25) is 0 Å². The van der Waals surface area contributed by atoms with Crippen LogP contribution in [0.15, 0.2) is 0 Å². The van der Waals surface area contributed by atoms with Gasteiger partial charge in [-0.15, -0.1) is 11.6 Å². The van der Waals surface area contributed by atoms with Crippen LogP contribution in [0, 0.1) is 11.3 Å². The summed E-state index contributed by atoms with van der Waals surface area (Å²) >= 11 is 5.50. The van der Waals surface area contributed by atoms with Gasteiger partial charge in [-0.2, -0.15) is 5.26 Å². The van der Waals surface area contributed by atoms with Gasteiger partial charge in [0.25, 0.3) is 0 Å². The van der Waals surface area contributed by atoms with Gasteiger partial charge in [-0.25, -0.2) is 0 Å². The average molecular weight is 162 g/mol. The summed E-state index contributed by atoms with van der Waals surface area (Å²) in [5, 5.41) is 16.5. The van der Waals surface area contributed by atoms with Crippen molar-refractivity contribution in [1.29, 1.82) is 5.26 Å². The van der Waals surface area contributed by atoms with E-state index < -0.39 is 10.8 Å². The van der Waals surface area contributed by atoms with Crippen LogP contribution in [0.25, 0.3) is 0 Å². The van der Waals surface area contributed by atoms with Gasteiger partial charge >= 0.3 is 5.97 Å². The van der Waals surface area contributed by atoms with Crippen LogP contribution in [0.3, 0.4) is 0 Å². The number of hydrogen-bond acceptors (Lipinski definition) is 2. The maximum absolute atomic E-state index is 10.3. The molecule has 0 rings (SSSR count). The number of alkyl halides is 1. The summed E-state index contributed by atoms with van der Waals surface area (Å²) < 4.78 is 0. The Hall–Kier alpha value is -0.750. The first-order valence-corrected chi connectivity index (χ1v) is 3.18. The first kappa shape index (κ1) is 9.25. The lowest BCUT2D eigenvalue weighted by Gasteiger charge is -2.13. The summed E-state index contributed by atoms with van der Waals surface area (Å²) in [4.78, 5) is 9.00. The van der Waals surface area contributed by atoms with Crippen LogP contribution in [0.4, 0.5) is 0 Å². The summed E-state index contributed by atoms with van der Waals surface area (Å²) in [6.45, 7) is 1.38. The molecule has 0 aliphatic rings. The van der Waals surface area contributed by atoms with E-state index in [1.807, 2.05) is 6.07 Å². The molecule has 0 saturated carbocycles. The number of rotatable bonds is 3. The van der Waals surface area contributed by atoms with Crippen molar-refractivity contribution >= 4 is 17.6 Å². The Morgan fingerprint density at radius 2 is 2.40 bits per heavy atom. The van der Waals surface area contributed by atoms with E-state index in [-0.39, 0.29) is 12.8 Å². The number of hydrogen-bond donors (Lipinski definition) is 1. The Morgan fingerprint density at radius 3 is 2.70 bits per heavy atom. The SMILES string of the molecule is CC(Cl)(CCC#N)C(=O)O. The van der Waals surface area contributed by atoms with Crippen LogP contribution >= 0.6 is 11.6 Å². The number of nitrogens with zero attached hydrogens (tertiary/aromatic N) is 1. The topological polar surface area (TPSA) is 61.1 Å². The highest BCUT2D eigenvalue weighted by atomic mass is 35.5. The normalized spacial score (nSPS) is 15.3. The summed E-state index contributed by atoms with van der Waals surface area (Å²) in [5.74, 6) is -1.08. The Bertz CT molecular complexity index is 171. The van der Waals surface area contributed by atoms with Gasteiger partial charge in [-0.3, -0.25) is 4.79 Å². The maximum Gasteiger partial charge on any atom is 0.324 e. The molecular weight excluding hydrogens is 154 g/mol. The monoisotopic (exact) mass is 161 g/mol. The molecule has 0 aromatic carbocycles. The van der Waals surface area contributed by atoms with Gasteiger partial charge in [-0.1, -0.05) is 0 Å². The number of halogens is 1. The third-order valence-corrected chi connectivity index (χ3v) is 1.50. The standard InChI is InChI=1S/C6H8ClNO2/c1-6(7,5(9)10)3-2-4-8/h2-3H2,1H3,(H,9,10). The molecule has 56 valence electrons. The quantitative estimate of drug-likeness (QED) is 0.636. The molecule has 0 radical (unpaired) electrons. The first-order chi connectivity index (χ1) is 4.50. The van der Waals surface area contributed by atoms with Crippen molar-refractivity contribution in [3.63, 3.8) is 0 Å². The minimum Gasteiger partial charge on any atom is -0.480 e. The summed E-state index contributed by atoms with van der Waals surface area (Å²) in [6.07, 6.45) is 0.354. The van der Waals surface area contributed by atoms with Gasteiger partial charge in [0.1, 0.15) is 4.87 Å². The summed E-state index contributed by atoms with van der Waals surface area (Å²) in [5.41, 5.74) is 0. The van der Waals surface area contributed by atoms with E-state index in [1.165, 1.54) is 6.92 Å². The van der Waals surface area contributed by atoms with Crippen LogP contribution in [0.1, 0.15) is 19.8 Å². The van der Waals surface area contributed by atoms with Crippen molar-refractivity contribution in [2.24, 2.45) is 0 Å². The minimum absolute atomic E-state index is 0.173. The highest BCUT2D eigenvalue weighted by Crippen LogP contribution is 2.20. The molecule has 0 amide bonds. The average Bonchev–Trinajstić information content (AvgIpc) is 1.84. The van der Waals surface area contributed by atoms with Gasteiger partial charge in [0.05, 0.1) is 6.07 Å². The van der Waals surface area contributed by atoms with Gasteiger partial charge in [0, 0.05) is 6.42 Å². The van der Waals surface area contributed by atoms with Gasteiger partial charge in [0.15, 0.2) is 0 Å². The fourth-order valence-electron chi connectivity index (χ4n) is 0.398. The second-order valence-corrected chi connectivity index (χ2v) is 2.99. The number of carbonyl (C=O) groups is 1. The van der Waals surface area contributed by atoms with Crippen LogP contribution in [-0.2, 0) is 4.79 Å².